The second kappa shape index (κ2) is 6.29. The standard InChI is InChI=1S/C20H19N3O3/c1-13-12-22(20(26)21-18(13)24)10-2-3-11-23-16-9-5-7-14-6-4-8-15(17(14)16)19(23)25/h2-9,12,16-17H,10-11H2,1H3,(H,21,24,26)/b3-2-. The minimum Gasteiger partial charge on any atom is -0.328 e. The summed E-state index contributed by atoms with van der Waals surface area (Å²) in [6.45, 7) is 2.48. The van der Waals surface area contributed by atoms with Crippen LogP contribution in [-0.2, 0) is 11.3 Å². The number of aromatic nitrogens is 2. The SMILES string of the molecule is Cc1cn(C/C=C\CN2C(=O)C3=CC=CC4=CC=CC2C43)c(=O)[nH]c1=O. The van der Waals surface area contributed by atoms with E-state index in [9.17, 15) is 14.4 Å². The van der Waals surface area contributed by atoms with Gasteiger partial charge in [-0.05, 0) is 12.5 Å². The van der Waals surface area contributed by atoms with Crippen molar-refractivity contribution in [2.24, 2.45) is 5.92 Å². The molecule has 6 nitrogen and oxygen atoms in total. The van der Waals surface area contributed by atoms with Crippen LogP contribution in [0.25, 0.3) is 0 Å². The van der Waals surface area contributed by atoms with Crippen molar-refractivity contribution < 1.29 is 4.79 Å². The minimum absolute atomic E-state index is 0.0430. The number of nitrogens with one attached hydrogen (secondary N) is 1. The Morgan fingerprint density at radius 3 is 2.77 bits per heavy atom. The Morgan fingerprint density at radius 2 is 1.92 bits per heavy atom. The van der Waals surface area contributed by atoms with Gasteiger partial charge >= 0.3 is 5.69 Å². The summed E-state index contributed by atoms with van der Waals surface area (Å²) in [5.41, 5.74) is 1.70. The number of likely N-dealkylation sites (tertiary alicyclic amines) is 1. The summed E-state index contributed by atoms with van der Waals surface area (Å²) in [6.07, 6.45) is 17.3. The summed E-state index contributed by atoms with van der Waals surface area (Å²) in [6, 6.07) is 0.0430. The van der Waals surface area contributed by atoms with Gasteiger partial charge in [-0.1, -0.05) is 48.6 Å². The number of H-pyrrole nitrogens is 1. The number of nitrogens with zero attached hydrogens (tertiary/aromatic N) is 2. The fourth-order valence-corrected chi connectivity index (χ4v) is 3.71. The third-order valence-electron chi connectivity index (χ3n) is 5.02. The summed E-state index contributed by atoms with van der Waals surface area (Å²) >= 11 is 0. The maximum Gasteiger partial charge on any atom is 0.328 e. The van der Waals surface area contributed by atoms with E-state index in [0.29, 0.717) is 18.7 Å². The zero-order valence-corrected chi connectivity index (χ0v) is 14.4. The van der Waals surface area contributed by atoms with Gasteiger partial charge in [0.25, 0.3) is 11.5 Å². The van der Waals surface area contributed by atoms with Crippen LogP contribution in [-0.4, -0.2) is 32.9 Å². The van der Waals surface area contributed by atoms with Crippen LogP contribution in [0.15, 0.2) is 75.5 Å². The van der Waals surface area contributed by atoms with Gasteiger partial charge in [0, 0.05) is 36.3 Å². The average Bonchev–Trinajstić information content (AvgIpc) is 2.90. The first-order valence-corrected chi connectivity index (χ1v) is 8.59. The highest BCUT2D eigenvalue weighted by molar-refractivity contribution is 5.99. The van der Waals surface area contributed by atoms with E-state index in [1.165, 1.54) is 10.1 Å². The van der Waals surface area contributed by atoms with Gasteiger partial charge in [0.1, 0.15) is 0 Å². The predicted molar refractivity (Wildman–Crippen MR) is 98.6 cm³/mol. The van der Waals surface area contributed by atoms with E-state index in [0.717, 1.165) is 5.57 Å². The quantitative estimate of drug-likeness (QED) is 0.831. The van der Waals surface area contributed by atoms with E-state index in [-0.39, 0.29) is 23.4 Å². The second-order valence-corrected chi connectivity index (χ2v) is 6.65. The van der Waals surface area contributed by atoms with Crippen LogP contribution in [0.5, 0.6) is 0 Å². The highest BCUT2D eigenvalue weighted by Gasteiger charge is 2.44. The smallest absolute Gasteiger partial charge is 0.328 e. The number of aryl methyl sites for hydroxylation is 1. The van der Waals surface area contributed by atoms with Gasteiger partial charge in [0.2, 0.25) is 0 Å². The highest BCUT2D eigenvalue weighted by Crippen LogP contribution is 2.41. The molecule has 3 aliphatic rings. The molecule has 0 saturated carbocycles. The molecule has 0 bridgehead atoms. The molecule has 6 heteroatoms. The van der Waals surface area contributed by atoms with Gasteiger partial charge in [0.05, 0.1) is 6.04 Å². The van der Waals surface area contributed by atoms with Gasteiger partial charge in [-0.3, -0.25) is 19.1 Å². The van der Waals surface area contributed by atoms with Gasteiger partial charge in [-0.25, -0.2) is 4.79 Å². The molecule has 1 aromatic rings. The molecule has 2 atom stereocenters. The zero-order chi connectivity index (χ0) is 18.3. The highest BCUT2D eigenvalue weighted by atomic mass is 16.2. The Morgan fingerprint density at radius 1 is 1.12 bits per heavy atom. The molecule has 1 fully saturated rings. The van der Waals surface area contributed by atoms with Crippen molar-refractivity contribution in [2.45, 2.75) is 19.5 Å². The Kier molecular flexibility index (Phi) is 3.95. The number of allylic oxidation sites excluding steroid dienone is 6. The van der Waals surface area contributed by atoms with Crippen LogP contribution in [0.4, 0.5) is 0 Å². The molecule has 1 saturated heterocycles. The molecule has 1 N–H and O–H groups in total. The fourth-order valence-electron chi connectivity index (χ4n) is 3.71. The Bertz CT molecular complexity index is 1030. The Hall–Kier alpha value is -3.15. The lowest BCUT2D eigenvalue weighted by Gasteiger charge is -2.27. The number of rotatable bonds is 4. The molecule has 2 aliphatic carbocycles. The van der Waals surface area contributed by atoms with Crippen molar-refractivity contribution in [2.75, 3.05) is 6.54 Å². The van der Waals surface area contributed by atoms with E-state index in [4.69, 9.17) is 0 Å². The third kappa shape index (κ3) is 2.63. The van der Waals surface area contributed by atoms with Crippen molar-refractivity contribution in [3.05, 3.63) is 92.4 Å². The van der Waals surface area contributed by atoms with Crippen LogP contribution in [0.1, 0.15) is 5.56 Å². The molecule has 2 unspecified atom stereocenters. The molecule has 1 aliphatic heterocycles. The molecule has 26 heavy (non-hydrogen) atoms. The van der Waals surface area contributed by atoms with E-state index in [2.05, 4.69) is 23.2 Å². The number of aromatic amines is 1. The molecule has 1 aromatic heterocycles. The molecule has 2 heterocycles. The van der Waals surface area contributed by atoms with Crippen LogP contribution < -0.4 is 11.2 Å². The first-order chi connectivity index (χ1) is 12.6. The third-order valence-corrected chi connectivity index (χ3v) is 5.02. The number of hydrogen-bond donors (Lipinski definition) is 1. The lowest BCUT2D eigenvalue weighted by molar-refractivity contribution is -0.125. The fraction of sp³-hybridized carbons (Fsp3) is 0.250. The molecule has 132 valence electrons. The summed E-state index contributed by atoms with van der Waals surface area (Å²) in [5.74, 6) is 0.180. The van der Waals surface area contributed by atoms with Crippen LogP contribution in [0, 0.1) is 12.8 Å². The molecule has 0 spiro atoms. The van der Waals surface area contributed by atoms with Gasteiger partial charge < -0.3 is 4.90 Å². The minimum atomic E-state index is -0.435. The van der Waals surface area contributed by atoms with E-state index >= 15 is 0 Å². The van der Waals surface area contributed by atoms with Gasteiger partial charge in [-0.2, -0.15) is 0 Å². The lowest BCUT2D eigenvalue weighted by atomic mass is 9.82. The number of hydrogen-bond acceptors (Lipinski definition) is 3. The average molecular weight is 349 g/mol. The topological polar surface area (TPSA) is 75.2 Å². The number of amides is 1. The normalized spacial score (nSPS) is 23.4. The largest absolute Gasteiger partial charge is 0.328 e. The van der Waals surface area contributed by atoms with Crippen LogP contribution >= 0.6 is 0 Å². The first kappa shape index (κ1) is 16.3. The van der Waals surface area contributed by atoms with Crippen LogP contribution in [0.2, 0.25) is 0 Å². The summed E-state index contributed by atoms with van der Waals surface area (Å²) < 4.78 is 1.44. The van der Waals surface area contributed by atoms with Crippen molar-refractivity contribution in [3.8, 4) is 0 Å². The van der Waals surface area contributed by atoms with E-state index in [1.807, 2.05) is 35.3 Å². The van der Waals surface area contributed by atoms with Crippen molar-refractivity contribution in [1.29, 1.82) is 0 Å². The molecular weight excluding hydrogens is 330 g/mol. The van der Waals surface area contributed by atoms with Gasteiger partial charge in [-0.15, -0.1) is 0 Å². The Labute approximate surface area is 150 Å². The van der Waals surface area contributed by atoms with E-state index in [1.54, 1.807) is 13.1 Å². The molecule has 0 radical (unpaired) electrons. The Balaban J connectivity index is 1.48. The molecular formula is C20H19N3O3. The van der Waals surface area contributed by atoms with Crippen LogP contribution in [0.3, 0.4) is 0 Å². The van der Waals surface area contributed by atoms with Crippen molar-refractivity contribution in [1.82, 2.24) is 14.5 Å². The molecule has 4 rings (SSSR count). The summed E-state index contributed by atoms with van der Waals surface area (Å²) in [4.78, 5) is 40.0. The molecule has 0 aromatic carbocycles. The maximum absolute atomic E-state index is 12.7. The van der Waals surface area contributed by atoms with E-state index < -0.39 is 5.69 Å². The maximum atomic E-state index is 12.7. The van der Waals surface area contributed by atoms with Crippen molar-refractivity contribution in [3.63, 3.8) is 0 Å². The van der Waals surface area contributed by atoms with Gasteiger partial charge in [0.15, 0.2) is 0 Å². The lowest BCUT2D eigenvalue weighted by Crippen LogP contribution is -2.35. The summed E-state index contributed by atoms with van der Waals surface area (Å²) in [7, 11) is 0. The second-order valence-electron chi connectivity index (χ2n) is 6.65. The predicted octanol–water partition coefficient (Wildman–Crippen LogP) is 1.22. The van der Waals surface area contributed by atoms with Crippen molar-refractivity contribution >= 4 is 5.91 Å². The number of carbonyl (C=O) groups excluding carboxylic acids is 1. The zero-order valence-electron chi connectivity index (χ0n) is 14.4. The first-order valence-electron chi connectivity index (χ1n) is 8.59. The monoisotopic (exact) mass is 349 g/mol. The molecule has 1 amide bonds. The number of carbonyl (C=O) groups is 1. The summed E-state index contributed by atoms with van der Waals surface area (Å²) in [5, 5.41) is 0.